The largest absolute Gasteiger partial charge is 0.368 e. The average molecular weight is 354 g/mol. The molecule has 0 saturated heterocycles. The maximum atomic E-state index is 6.03. The fraction of sp³-hybridized carbons (Fsp3) is 0.438. The van der Waals surface area contributed by atoms with Gasteiger partial charge in [-0.3, -0.25) is 0 Å². The summed E-state index contributed by atoms with van der Waals surface area (Å²) in [5.74, 6) is 0. The Bertz CT molecular complexity index is 563. The Morgan fingerprint density at radius 2 is 2.00 bits per heavy atom. The van der Waals surface area contributed by atoms with E-state index in [-0.39, 0.29) is 5.60 Å². The van der Waals surface area contributed by atoms with Crippen LogP contribution in [0.2, 0.25) is 0 Å². The van der Waals surface area contributed by atoms with E-state index in [0.717, 1.165) is 33.6 Å². The molecule has 4 heteroatoms. The molecule has 0 aliphatic carbocycles. The zero-order chi connectivity index (χ0) is 14.6. The van der Waals surface area contributed by atoms with Crippen molar-refractivity contribution in [3.8, 4) is 11.3 Å². The van der Waals surface area contributed by atoms with Crippen molar-refractivity contribution in [3.05, 3.63) is 39.1 Å². The lowest BCUT2D eigenvalue weighted by Gasteiger charge is -2.29. The Labute approximate surface area is 133 Å². The maximum absolute atomic E-state index is 6.03. The zero-order valence-electron chi connectivity index (χ0n) is 12.1. The van der Waals surface area contributed by atoms with E-state index in [4.69, 9.17) is 9.72 Å². The highest BCUT2D eigenvalue weighted by Crippen LogP contribution is 2.37. The number of ether oxygens (including phenoxy) is 1. The van der Waals surface area contributed by atoms with Crippen molar-refractivity contribution in [2.75, 3.05) is 6.61 Å². The number of halogens is 1. The Hall–Kier alpha value is -0.710. The molecule has 2 aromatic rings. The summed E-state index contributed by atoms with van der Waals surface area (Å²) < 4.78 is 7.10. The molecule has 1 heterocycles. The van der Waals surface area contributed by atoms with Gasteiger partial charge in [0.25, 0.3) is 0 Å². The number of hydrogen-bond donors (Lipinski definition) is 0. The van der Waals surface area contributed by atoms with Crippen molar-refractivity contribution in [2.45, 2.75) is 39.2 Å². The molecule has 0 aliphatic rings. The maximum Gasteiger partial charge on any atom is 0.125 e. The lowest BCUT2D eigenvalue weighted by molar-refractivity contribution is -0.0505. The van der Waals surface area contributed by atoms with Crippen molar-refractivity contribution in [3.63, 3.8) is 0 Å². The second-order valence-electron chi connectivity index (χ2n) is 4.68. The van der Waals surface area contributed by atoms with Crippen LogP contribution in [0.15, 0.2) is 34.1 Å². The van der Waals surface area contributed by atoms with E-state index in [0.29, 0.717) is 6.61 Å². The van der Waals surface area contributed by atoms with E-state index in [1.165, 1.54) is 0 Å². The molecule has 0 radical (unpaired) electrons. The third kappa shape index (κ3) is 3.13. The van der Waals surface area contributed by atoms with Gasteiger partial charge in [-0.05, 0) is 31.9 Å². The first-order chi connectivity index (χ1) is 9.65. The number of thiazole rings is 1. The minimum atomic E-state index is -0.232. The van der Waals surface area contributed by atoms with Crippen LogP contribution >= 0.6 is 27.3 Å². The minimum Gasteiger partial charge on any atom is -0.368 e. The van der Waals surface area contributed by atoms with Crippen LogP contribution < -0.4 is 0 Å². The molecule has 2 nitrogen and oxygen atoms in total. The Kier molecular flexibility index (Phi) is 5.35. The summed E-state index contributed by atoms with van der Waals surface area (Å²) in [6, 6.07) is 8.25. The molecule has 2 rings (SSSR count). The molecule has 0 fully saturated rings. The zero-order valence-corrected chi connectivity index (χ0v) is 14.6. The number of aromatic nitrogens is 1. The van der Waals surface area contributed by atoms with Crippen LogP contribution in [0.4, 0.5) is 0 Å². The molecule has 1 aromatic carbocycles. The SMILES string of the molecule is CCOC(CC)(CC)c1nc(-c2cccc(Br)c2)cs1. The average Bonchev–Trinajstić information content (AvgIpc) is 2.95. The van der Waals surface area contributed by atoms with E-state index >= 15 is 0 Å². The molecular formula is C16H20BrNOS. The van der Waals surface area contributed by atoms with Crippen LogP contribution in [-0.4, -0.2) is 11.6 Å². The van der Waals surface area contributed by atoms with Crippen LogP contribution in [0.1, 0.15) is 38.6 Å². The van der Waals surface area contributed by atoms with Gasteiger partial charge >= 0.3 is 0 Å². The molecule has 1 aromatic heterocycles. The Morgan fingerprint density at radius 3 is 2.60 bits per heavy atom. The number of hydrogen-bond acceptors (Lipinski definition) is 3. The number of benzene rings is 1. The molecular weight excluding hydrogens is 334 g/mol. The van der Waals surface area contributed by atoms with E-state index in [1.54, 1.807) is 11.3 Å². The van der Waals surface area contributed by atoms with Gasteiger partial charge in [0, 0.05) is 22.0 Å². The van der Waals surface area contributed by atoms with Crippen LogP contribution in [0, 0.1) is 0 Å². The molecule has 0 saturated carbocycles. The standard InChI is InChI=1S/C16H20BrNOS/c1-4-16(5-2,19-6-3)15-18-14(11-20-15)12-8-7-9-13(17)10-12/h7-11H,4-6H2,1-3H3. The second kappa shape index (κ2) is 6.83. The quantitative estimate of drug-likeness (QED) is 0.671. The minimum absolute atomic E-state index is 0.232. The van der Waals surface area contributed by atoms with Crippen molar-refractivity contribution < 1.29 is 4.74 Å². The monoisotopic (exact) mass is 353 g/mol. The van der Waals surface area contributed by atoms with Gasteiger partial charge in [0.1, 0.15) is 10.6 Å². The first-order valence-electron chi connectivity index (χ1n) is 7.01. The van der Waals surface area contributed by atoms with Crippen LogP contribution in [-0.2, 0) is 10.3 Å². The third-order valence-electron chi connectivity index (χ3n) is 3.58. The Morgan fingerprint density at radius 1 is 1.25 bits per heavy atom. The molecule has 0 bridgehead atoms. The fourth-order valence-electron chi connectivity index (χ4n) is 2.36. The molecule has 0 atom stereocenters. The van der Waals surface area contributed by atoms with Gasteiger partial charge in [-0.15, -0.1) is 11.3 Å². The summed E-state index contributed by atoms with van der Waals surface area (Å²) in [7, 11) is 0. The van der Waals surface area contributed by atoms with Crippen molar-refractivity contribution in [1.82, 2.24) is 4.98 Å². The summed E-state index contributed by atoms with van der Waals surface area (Å²) in [4.78, 5) is 4.83. The first-order valence-corrected chi connectivity index (χ1v) is 8.68. The molecule has 108 valence electrons. The van der Waals surface area contributed by atoms with Gasteiger partial charge in [-0.2, -0.15) is 0 Å². The highest BCUT2D eigenvalue weighted by atomic mass is 79.9. The summed E-state index contributed by atoms with van der Waals surface area (Å²) in [6.45, 7) is 7.09. The van der Waals surface area contributed by atoms with E-state index in [2.05, 4.69) is 47.3 Å². The summed E-state index contributed by atoms with van der Waals surface area (Å²) >= 11 is 5.20. The molecule has 20 heavy (non-hydrogen) atoms. The molecule has 0 N–H and O–H groups in total. The lowest BCUT2D eigenvalue weighted by Crippen LogP contribution is -2.28. The van der Waals surface area contributed by atoms with Crippen molar-refractivity contribution in [1.29, 1.82) is 0 Å². The molecule has 0 spiro atoms. The van der Waals surface area contributed by atoms with Gasteiger partial charge in [0.05, 0.1) is 5.69 Å². The van der Waals surface area contributed by atoms with Gasteiger partial charge < -0.3 is 4.74 Å². The topological polar surface area (TPSA) is 22.1 Å². The van der Waals surface area contributed by atoms with Crippen LogP contribution in [0.5, 0.6) is 0 Å². The van der Waals surface area contributed by atoms with Gasteiger partial charge in [-0.25, -0.2) is 4.98 Å². The number of rotatable bonds is 6. The van der Waals surface area contributed by atoms with E-state index in [1.807, 2.05) is 19.1 Å². The predicted molar refractivity (Wildman–Crippen MR) is 89.1 cm³/mol. The third-order valence-corrected chi connectivity index (χ3v) is 5.10. The predicted octanol–water partition coefficient (Wildman–Crippen LogP) is 5.62. The highest BCUT2D eigenvalue weighted by Gasteiger charge is 2.32. The van der Waals surface area contributed by atoms with Gasteiger partial charge in [-0.1, -0.05) is 41.9 Å². The fourth-order valence-corrected chi connectivity index (χ4v) is 3.88. The van der Waals surface area contributed by atoms with Gasteiger partial charge in [0.15, 0.2) is 0 Å². The van der Waals surface area contributed by atoms with E-state index < -0.39 is 0 Å². The van der Waals surface area contributed by atoms with Gasteiger partial charge in [0.2, 0.25) is 0 Å². The molecule has 0 amide bonds. The van der Waals surface area contributed by atoms with Crippen LogP contribution in [0.25, 0.3) is 11.3 Å². The number of nitrogens with zero attached hydrogens (tertiary/aromatic N) is 1. The summed E-state index contributed by atoms with van der Waals surface area (Å²) in [6.07, 6.45) is 1.89. The van der Waals surface area contributed by atoms with Crippen molar-refractivity contribution in [2.24, 2.45) is 0 Å². The molecule has 0 unspecified atom stereocenters. The lowest BCUT2D eigenvalue weighted by atomic mass is 9.98. The summed E-state index contributed by atoms with van der Waals surface area (Å²) in [5.41, 5.74) is 1.93. The first kappa shape index (κ1) is 15.7. The smallest absolute Gasteiger partial charge is 0.125 e. The molecule has 0 aliphatic heterocycles. The Balaban J connectivity index is 2.36. The van der Waals surface area contributed by atoms with Crippen LogP contribution in [0.3, 0.4) is 0 Å². The van der Waals surface area contributed by atoms with E-state index in [9.17, 15) is 0 Å². The second-order valence-corrected chi connectivity index (χ2v) is 6.46. The highest BCUT2D eigenvalue weighted by molar-refractivity contribution is 9.10. The summed E-state index contributed by atoms with van der Waals surface area (Å²) in [5, 5.41) is 3.20. The normalized spacial score (nSPS) is 11.8. The van der Waals surface area contributed by atoms with Crippen molar-refractivity contribution >= 4 is 27.3 Å².